The first-order valence-corrected chi connectivity index (χ1v) is 3.30. The molecule has 0 saturated heterocycles. The van der Waals surface area contributed by atoms with Crippen molar-refractivity contribution >= 4 is 11.1 Å². The van der Waals surface area contributed by atoms with E-state index in [-0.39, 0.29) is 0 Å². The van der Waals surface area contributed by atoms with E-state index in [4.69, 9.17) is 10.3 Å². The Hall–Kier alpha value is -1.42. The van der Waals surface area contributed by atoms with Crippen LogP contribution in [0, 0.1) is 0 Å². The highest BCUT2D eigenvalue weighted by Crippen LogP contribution is 2.14. The van der Waals surface area contributed by atoms with Crippen molar-refractivity contribution in [2.45, 2.75) is 6.54 Å². The summed E-state index contributed by atoms with van der Waals surface area (Å²) in [6, 6.07) is 1.83. The van der Waals surface area contributed by atoms with Crippen LogP contribution in [-0.2, 0) is 6.54 Å². The van der Waals surface area contributed by atoms with E-state index in [2.05, 4.69) is 10.1 Å². The van der Waals surface area contributed by atoms with Gasteiger partial charge in [-0.25, -0.2) is 0 Å². The zero-order valence-corrected chi connectivity index (χ0v) is 5.82. The largest absolute Gasteiger partial charge is 0.354 e. The maximum absolute atomic E-state index is 5.46. The number of fused-ring (bicyclic) bond motifs is 1. The molecule has 2 N–H and O–H groups in total. The summed E-state index contributed by atoms with van der Waals surface area (Å²) in [5.74, 6) is 0. The Labute approximate surface area is 63.0 Å². The molecular weight excluding hydrogens is 142 g/mol. The number of pyridine rings is 1. The molecule has 0 aliphatic rings. The van der Waals surface area contributed by atoms with Crippen molar-refractivity contribution in [2.75, 3.05) is 0 Å². The summed E-state index contributed by atoms with van der Waals surface area (Å²) in [4.78, 5) is 4.04. The van der Waals surface area contributed by atoms with E-state index in [1.165, 1.54) is 0 Å². The summed E-state index contributed by atoms with van der Waals surface area (Å²) >= 11 is 0. The highest BCUT2D eigenvalue weighted by Gasteiger charge is 2.03. The molecule has 2 aromatic heterocycles. The van der Waals surface area contributed by atoms with E-state index < -0.39 is 0 Å². The van der Waals surface area contributed by atoms with Crippen LogP contribution in [0.1, 0.15) is 5.56 Å². The molecule has 0 aliphatic carbocycles. The van der Waals surface area contributed by atoms with E-state index in [1.54, 1.807) is 12.4 Å². The van der Waals surface area contributed by atoms with Gasteiger partial charge >= 0.3 is 0 Å². The maximum Gasteiger partial charge on any atom is 0.189 e. The smallest absolute Gasteiger partial charge is 0.189 e. The third-order valence-electron chi connectivity index (χ3n) is 1.55. The molecule has 0 aromatic carbocycles. The van der Waals surface area contributed by atoms with Crippen LogP contribution in [0.25, 0.3) is 11.1 Å². The SMILES string of the molecule is NCc1ccnc2cnoc12. The maximum atomic E-state index is 5.46. The van der Waals surface area contributed by atoms with Crippen LogP contribution in [0.4, 0.5) is 0 Å². The van der Waals surface area contributed by atoms with E-state index >= 15 is 0 Å². The monoisotopic (exact) mass is 149 g/mol. The average molecular weight is 149 g/mol. The van der Waals surface area contributed by atoms with Gasteiger partial charge in [-0.1, -0.05) is 5.16 Å². The molecule has 0 fully saturated rings. The zero-order chi connectivity index (χ0) is 7.68. The van der Waals surface area contributed by atoms with Crippen LogP contribution < -0.4 is 5.73 Å². The van der Waals surface area contributed by atoms with Crippen molar-refractivity contribution in [1.29, 1.82) is 0 Å². The molecule has 2 rings (SSSR count). The molecular formula is C7H7N3O. The lowest BCUT2D eigenvalue weighted by Gasteiger charge is -1.93. The van der Waals surface area contributed by atoms with Crippen LogP contribution in [-0.4, -0.2) is 10.1 Å². The van der Waals surface area contributed by atoms with Crippen LogP contribution in [0.15, 0.2) is 23.0 Å². The Morgan fingerprint density at radius 2 is 2.45 bits per heavy atom. The lowest BCUT2D eigenvalue weighted by molar-refractivity contribution is 0.454. The highest BCUT2D eigenvalue weighted by molar-refractivity contribution is 5.74. The van der Waals surface area contributed by atoms with E-state index in [9.17, 15) is 0 Å². The van der Waals surface area contributed by atoms with Crippen molar-refractivity contribution in [3.05, 3.63) is 24.0 Å². The molecule has 0 radical (unpaired) electrons. The number of nitrogens with two attached hydrogens (primary N) is 1. The molecule has 2 aromatic rings. The predicted molar refractivity (Wildman–Crippen MR) is 39.7 cm³/mol. The van der Waals surface area contributed by atoms with Gasteiger partial charge in [0.05, 0.1) is 6.20 Å². The molecule has 0 saturated carbocycles. The number of hydrogen-bond donors (Lipinski definition) is 1. The highest BCUT2D eigenvalue weighted by atomic mass is 16.5. The molecule has 0 bridgehead atoms. The molecule has 0 atom stereocenters. The van der Waals surface area contributed by atoms with E-state index in [1.807, 2.05) is 6.07 Å². The fraction of sp³-hybridized carbons (Fsp3) is 0.143. The second-order valence-corrected chi connectivity index (χ2v) is 2.21. The zero-order valence-electron chi connectivity index (χ0n) is 5.82. The molecule has 0 spiro atoms. The Kier molecular flexibility index (Phi) is 1.33. The van der Waals surface area contributed by atoms with E-state index in [0.717, 1.165) is 11.1 Å². The van der Waals surface area contributed by atoms with Crippen molar-refractivity contribution in [3.8, 4) is 0 Å². The van der Waals surface area contributed by atoms with Gasteiger partial charge in [-0.3, -0.25) is 4.98 Å². The van der Waals surface area contributed by atoms with Crippen molar-refractivity contribution in [1.82, 2.24) is 10.1 Å². The normalized spacial score (nSPS) is 10.6. The number of nitrogens with zero attached hydrogens (tertiary/aromatic N) is 2. The third kappa shape index (κ3) is 0.877. The van der Waals surface area contributed by atoms with Gasteiger partial charge in [-0.05, 0) is 6.07 Å². The molecule has 0 amide bonds. The van der Waals surface area contributed by atoms with Crippen LogP contribution in [0.5, 0.6) is 0 Å². The topological polar surface area (TPSA) is 64.9 Å². The van der Waals surface area contributed by atoms with Crippen molar-refractivity contribution in [2.24, 2.45) is 5.73 Å². The molecule has 11 heavy (non-hydrogen) atoms. The average Bonchev–Trinajstić information content (AvgIpc) is 2.50. The van der Waals surface area contributed by atoms with Gasteiger partial charge in [-0.15, -0.1) is 0 Å². The second-order valence-electron chi connectivity index (χ2n) is 2.21. The van der Waals surface area contributed by atoms with Crippen LogP contribution in [0.3, 0.4) is 0 Å². The van der Waals surface area contributed by atoms with Crippen molar-refractivity contribution in [3.63, 3.8) is 0 Å². The molecule has 0 unspecified atom stereocenters. The third-order valence-corrected chi connectivity index (χ3v) is 1.55. The minimum absolute atomic E-state index is 0.453. The first-order chi connectivity index (χ1) is 5.42. The fourth-order valence-corrected chi connectivity index (χ4v) is 0.993. The van der Waals surface area contributed by atoms with Gasteiger partial charge in [0, 0.05) is 18.3 Å². The number of rotatable bonds is 1. The first-order valence-electron chi connectivity index (χ1n) is 3.30. The van der Waals surface area contributed by atoms with Crippen LogP contribution in [0.2, 0.25) is 0 Å². The van der Waals surface area contributed by atoms with Crippen LogP contribution >= 0.6 is 0 Å². The molecule has 2 heterocycles. The van der Waals surface area contributed by atoms with Gasteiger partial charge in [0.1, 0.15) is 5.52 Å². The minimum Gasteiger partial charge on any atom is -0.354 e. The predicted octanol–water partition coefficient (Wildman–Crippen LogP) is 0.681. The van der Waals surface area contributed by atoms with Gasteiger partial charge in [0.2, 0.25) is 0 Å². The number of aromatic nitrogens is 2. The van der Waals surface area contributed by atoms with Gasteiger partial charge < -0.3 is 10.3 Å². The Balaban J connectivity index is 2.79. The lowest BCUT2D eigenvalue weighted by Crippen LogP contribution is -1.96. The standard InChI is InChI=1S/C7H7N3O/c8-3-5-1-2-9-6-4-10-11-7(5)6/h1-2,4H,3,8H2. The summed E-state index contributed by atoms with van der Waals surface area (Å²) < 4.78 is 4.95. The van der Waals surface area contributed by atoms with E-state index in [0.29, 0.717) is 12.1 Å². The minimum atomic E-state index is 0.453. The molecule has 56 valence electrons. The summed E-state index contributed by atoms with van der Waals surface area (Å²) in [5.41, 5.74) is 7.84. The fourth-order valence-electron chi connectivity index (χ4n) is 0.993. The summed E-state index contributed by atoms with van der Waals surface area (Å²) in [6.07, 6.45) is 3.27. The quantitative estimate of drug-likeness (QED) is 0.647. The number of hydrogen-bond acceptors (Lipinski definition) is 4. The molecule has 4 nitrogen and oxygen atoms in total. The van der Waals surface area contributed by atoms with Gasteiger partial charge in [-0.2, -0.15) is 0 Å². The second kappa shape index (κ2) is 2.32. The summed E-state index contributed by atoms with van der Waals surface area (Å²) in [6.45, 7) is 0.453. The Morgan fingerprint density at radius 3 is 3.27 bits per heavy atom. The summed E-state index contributed by atoms with van der Waals surface area (Å²) in [7, 11) is 0. The Morgan fingerprint density at radius 1 is 1.55 bits per heavy atom. The molecule has 0 aliphatic heterocycles. The Bertz CT molecular complexity index is 368. The van der Waals surface area contributed by atoms with Crippen molar-refractivity contribution < 1.29 is 4.52 Å². The molecule has 4 heteroatoms. The lowest BCUT2D eigenvalue weighted by atomic mass is 10.2. The summed E-state index contributed by atoms with van der Waals surface area (Å²) in [5, 5.41) is 3.62. The van der Waals surface area contributed by atoms with Gasteiger partial charge in [0.25, 0.3) is 0 Å². The van der Waals surface area contributed by atoms with Gasteiger partial charge in [0.15, 0.2) is 5.58 Å². The first kappa shape index (κ1) is 6.30.